The SMILES string of the molecule is CO[Si](CCCN)(C[Si](OC)(OC)OC)OC. The van der Waals surface area contributed by atoms with Crippen molar-refractivity contribution in [3.05, 3.63) is 0 Å². The Morgan fingerprint density at radius 2 is 1.29 bits per heavy atom. The molecule has 0 aromatic rings. The molecule has 0 aromatic carbocycles. The molecule has 0 rings (SSSR count). The van der Waals surface area contributed by atoms with Crippen molar-refractivity contribution in [2.24, 2.45) is 5.73 Å². The zero-order valence-corrected chi connectivity index (χ0v) is 13.4. The Bertz CT molecular complexity index is 192. The Morgan fingerprint density at radius 3 is 1.59 bits per heavy atom. The van der Waals surface area contributed by atoms with Gasteiger partial charge in [0.1, 0.15) is 0 Å². The first kappa shape index (κ1) is 17.2. The molecule has 0 unspecified atom stereocenters. The van der Waals surface area contributed by atoms with Crippen LogP contribution in [0.2, 0.25) is 11.7 Å². The van der Waals surface area contributed by atoms with E-state index >= 15 is 0 Å². The van der Waals surface area contributed by atoms with Crippen LogP contribution < -0.4 is 5.73 Å². The predicted octanol–water partition coefficient (Wildman–Crippen LogP) is 0.488. The van der Waals surface area contributed by atoms with Gasteiger partial charge in [0.2, 0.25) is 0 Å². The summed E-state index contributed by atoms with van der Waals surface area (Å²) in [5.41, 5.74) is 6.10. The van der Waals surface area contributed by atoms with Crippen LogP contribution in [0.25, 0.3) is 0 Å². The quantitative estimate of drug-likeness (QED) is 0.588. The van der Waals surface area contributed by atoms with Crippen molar-refractivity contribution in [2.75, 3.05) is 42.1 Å². The van der Waals surface area contributed by atoms with Crippen LogP contribution in [0.1, 0.15) is 6.42 Å². The summed E-state index contributed by atoms with van der Waals surface area (Å²) in [7, 11) is 3.06. The summed E-state index contributed by atoms with van der Waals surface area (Å²) in [5.74, 6) is 0. The summed E-state index contributed by atoms with van der Waals surface area (Å²) in [5, 5.41) is 0. The summed E-state index contributed by atoms with van der Waals surface area (Å²) in [6.07, 6.45) is 0.857. The Hall–Kier alpha value is 0.194. The van der Waals surface area contributed by atoms with E-state index in [1.165, 1.54) is 0 Å². The third-order valence-corrected chi connectivity index (χ3v) is 11.3. The van der Waals surface area contributed by atoms with Crippen molar-refractivity contribution in [3.8, 4) is 0 Å². The molecular weight excluding hydrogens is 258 g/mol. The topological polar surface area (TPSA) is 72.2 Å². The number of nitrogens with two attached hydrogens (primary N) is 1. The first-order valence-electron chi connectivity index (χ1n) is 5.53. The smallest absolute Gasteiger partial charge is 0.398 e. The van der Waals surface area contributed by atoms with Crippen LogP contribution in [0.5, 0.6) is 0 Å². The van der Waals surface area contributed by atoms with Gasteiger partial charge in [-0.05, 0) is 19.0 Å². The van der Waals surface area contributed by atoms with Gasteiger partial charge in [-0.1, -0.05) is 0 Å². The highest BCUT2D eigenvalue weighted by Gasteiger charge is 2.51. The molecule has 0 radical (unpaired) electrons. The normalized spacial score (nSPS) is 13.1. The maximum absolute atomic E-state index is 5.61. The molecule has 0 spiro atoms. The number of rotatable bonds is 10. The van der Waals surface area contributed by atoms with Crippen molar-refractivity contribution in [1.82, 2.24) is 0 Å². The fourth-order valence-electron chi connectivity index (χ4n) is 1.69. The van der Waals surface area contributed by atoms with Gasteiger partial charge in [-0.25, -0.2) is 0 Å². The average Bonchev–Trinajstić information content (AvgIpc) is 2.41. The largest absolute Gasteiger partial charge is 0.502 e. The molecule has 0 heterocycles. The second-order valence-electron chi connectivity index (χ2n) is 3.68. The number of hydrogen-bond acceptors (Lipinski definition) is 6. The van der Waals surface area contributed by atoms with Crippen molar-refractivity contribution < 1.29 is 22.1 Å². The van der Waals surface area contributed by atoms with Crippen LogP contribution in [0.3, 0.4) is 0 Å². The fourth-order valence-corrected chi connectivity index (χ4v) is 9.74. The minimum absolute atomic E-state index is 0.566. The molecule has 6 nitrogen and oxygen atoms in total. The number of hydrogen-bond donors (Lipinski definition) is 1. The molecule has 0 bridgehead atoms. The molecule has 0 saturated carbocycles. The van der Waals surface area contributed by atoms with E-state index in [4.69, 9.17) is 27.9 Å². The van der Waals surface area contributed by atoms with Gasteiger partial charge in [-0.3, -0.25) is 0 Å². The van der Waals surface area contributed by atoms with Crippen LogP contribution >= 0.6 is 0 Å². The van der Waals surface area contributed by atoms with Crippen LogP contribution in [-0.2, 0) is 22.1 Å². The standard InChI is InChI=1S/C9H25NO5Si2/c1-11-16(12-2,8-6-7-10)9-17(13-3,14-4)15-5/h6-10H2,1-5H3. The molecule has 0 saturated heterocycles. The average molecular weight is 283 g/mol. The van der Waals surface area contributed by atoms with Gasteiger partial charge in [0, 0.05) is 35.5 Å². The lowest BCUT2D eigenvalue weighted by molar-refractivity contribution is 0.122. The van der Waals surface area contributed by atoms with E-state index in [-0.39, 0.29) is 0 Å². The van der Waals surface area contributed by atoms with Crippen molar-refractivity contribution in [1.29, 1.82) is 0 Å². The van der Waals surface area contributed by atoms with Crippen molar-refractivity contribution in [2.45, 2.75) is 18.1 Å². The Morgan fingerprint density at radius 1 is 0.824 bits per heavy atom. The van der Waals surface area contributed by atoms with E-state index in [0.29, 0.717) is 12.2 Å². The predicted molar refractivity (Wildman–Crippen MR) is 69.8 cm³/mol. The molecule has 0 fully saturated rings. The summed E-state index contributed by atoms with van der Waals surface area (Å²) in [6.45, 7) is 0.614. The monoisotopic (exact) mass is 283 g/mol. The summed E-state index contributed by atoms with van der Waals surface area (Å²) < 4.78 is 27.5. The van der Waals surface area contributed by atoms with Gasteiger partial charge in [0.05, 0.1) is 5.67 Å². The lowest BCUT2D eigenvalue weighted by atomic mass is 10.5. The molecule has 0 atom stereocenters. The summed E-state index contributed by atoms with van der Waals surface area (Å²) in [4.78, 5) is 0. The van der Waals surface area contributed by atoms with Gasteiger partial charge in [0.15, 0.2) is 0 Å². The van der Waals surface area contributed by atoms with Crippen LogP contribution in [0.4, 0.5) is 0 Å². The van der Waals surface area contributed by atoms with E-state index in [1.54, 1.807) is 35.5 Å². The van der Waals surface area contributed by atoms with Crippen LogP contribution in [-0.4, -0.2) is 59.5 Å². The molecule has 104 valence electrons. The van der Waals surface area contributed by atoms with Crippen molar-refractivity contribution in [3.63, 3.8) is 0 Å². The molecular formula is C9H25NO5Si2. The summed E-state index contributed by atoms with van der Waals surface area (Å²) in [6, 6.07) is 0.807. The maximum Gasteiger partial charge on any atom is 0.502 e. The third kappa shape index (κ3) is 4.75. The van der Waals surface area contributed by atoms with Gasteiger partial charge in [-0.15, -0.1) is 0 Å². The minimum atomic E-state index is -2.67. The molecule has 0 aliphatic carbocycles. The third-order valence-electron chi connectivity index (χ3n) is 2.92. The van der Waals surface area contributed by atoms with E-state index in [0.717, 1.165) is 12.5 Å². The highest BCUT2D eigenvalue weighted by molar-refractivity contribution is 6.83. The summed E-state index contributed by atoms with van der Waals surface area (Å²) >= 11 is 0. The highest BCUT2D eigenvalue weighted by Crippen LogP contribution is 2.27. The second-order valence-corrected chi connectivity index (χ2v) is 10.8. The molecule has 2 N–H and O–H groups in total. The first-order valence-corrected chi connectivity index (χ1v) is 9.69. The zero-order chi connectivity index (χ0) is 13.4. The second kappa shape index (κ2) is 8.32. The van der Waals surface area contributed by atoms with Gasteiger partial charge in [-0.2, -0.15) is 0 Å². The maximum atomic E-state index is 5.61. The van der Waals surface area contributed by atoms with Crippen LogP contribution in [0, 0.1) is 0 Å². The van der Waals surface area contributed by atoms with Gasteiger partial charge < -0.3 is 27.9 Å². The van der Waals surface area contributed by atoms with E-state index < -0.39 is 17.4 Å². The minimum Gasteiger partial charge on any atom is -0.398 e. The zero-order valence-electron chi connectivity index (χ0n) is 11.4. The Balaban J connectivity index is 4.81. The molecule has 0 aromatic heterocycles. The van der Waals surface area contributed by atoms with Gasteiger partial charge >= 0.3 is 17.4 Å². The fraction of sp³-hybridized carbons (Fsp3) is 1.00. The molecule has 0 aliphatic rings. The lowest BCUT2D eigenvalue weighted by Crippen LogP contribution is -2.54. The molecule has 17 heavy (non-hydrogen) atoms. The van der Waals surface area contributed by atoms with E-state index in [2.05, 4.69) is 0 Å². The lowest BCUT2D eigenvalue weighted by Gasteiger charge is -2.33. The van der Waals surface area contributed by atoms with E-state index in [1.807, 2.05) is 0 Å². The molecule has 0 amide bonds. The Labute approximate surface area is 106 Å². The first-order chi connectivity index (χ1) is 8.07. The van der Waals surface area contributed by atoms with Crippen LogP contribution in [0.15, 0.2) is 0 Å². The Kier molecular flexibility index (Phi) is 8.42. The molecule has 0 aliphatic heterocycles. The van der Waals surface area contributed by atoms with E-state index in [9.17, 15) is 0 Å². The van der Waals surface area contributed by atoms with Crippen molar-refractivity contribution >= 4 is 17.4 Å². The molecule has 8 heteroatoms. The van der Waals surface area contributed by atoms with Gasteiger partial charge in [0.25, 0.3) is 0 Å². The highest BCUT2D eigenvalue weighted by atomic mass is 28.4.